The fourth-order valence-electron chi connectivity index (χ4n) is 1.61. The second kappa shape index (κ2) is 9.29. The van der Waals surface area contributed by atoms with E-state index in [4.69, 9.17) is 9.47 Å². The molecule has 3 N–H and O–H groups in total. The number of amides is 3. The van der Waals surface area contributed by atoms with Crippen LogP contribution in [0.2, 0.25) is 0 Å². The number of phenols is 1. The molecule has 0 saturated heterocycles. The standard InChI is InChI=1S/C15H20N2O6/c1-3-4-7-16-15(21)17-13(19)9-23-14(20)11-6-5-10(22-2)8-12(11)18/h5-6,8,18H,3-4,7,9H2,1-2H3,(H2,16,17,19,21). The van der Waals surface area contributed by atoms with Crippen LogP contribution in [0.1, 0.15) is 30.1 Å². The first kappa shape index (κ1) is 18.3. The molecule has 8 heteroatoms. The predicted molar refractivity (Wildman–Crippen MR) is 81.4 cm³/mol. The highest BCUT2D eigenvalue weighted by Gasteiger charge is 2.16. The van der Waals surface area contributed by atoms with Gasteiger partial charge in [-0.2, -0.15) is 0 Å². The summed E-state index contributed by atoms with van der Waals surface area (Å²) >= 11 is 0. The number of hydrogen-bond donors (Lipinski definition) is 3. The fourth-order valence-corrected chi connectivity index (χ4v) is 1.61. The van der Waals surface area contributed by atoms with Crippen molar-refractivity contribution < 1.29 is 29.0 Å². The molecule has 0 atom stereocenters. The van der Waals surface area contributed by atoms with Crippen LogP contribution >= 0.6 is 0 Å². The van der Waals surface area contributed by atoms with E-state index >= 15 is 0 Å². The van der Waals surface area contributed by atoms with Crippen molar-refractivity contribution in [3.63, 3.8) is 0 Å². The summed E-state index contributed by atoms with van der Waals surface area (Å²) in [4.78, 5) is 34.6. The highest BCUT2D eigenvalue weighted by Crippen LogP contribution is 2.23. The molecule has 1 aromatic rings. The number of ether oxygens (including phenoxy) is 2. The normalized spacial score (nSPS) is 9.83. The first-order chi connectivity index (χ1) is 11.0. The van der Waals surface area contributed by atoms with Crippen molar-refractivity contribution >= 4 is 17.9 Å². The molecule has 1 aromatic carbocycles. The maximum Gasteiger partial charge on any atom is 0.342 e. The van der Waals surface area contributed by atoms with E-state index in [0.29, 0.717) is 12.3 Å². The summed E-state index contributed by atoms with van der Waals surface area (Å²) in [5.41, 5.74) is -0.106. The van der Waals surface area contributed by atoms with Crippen molar-refractivity contribution in [2.75, 3.05) is 20.3 Å². The minimum absolute atomic E-state index is 0.106. The Kier molecular flexibility index (Phi) is 7.38. The lowest BCUT2D eigenvalue weighted by Gasteiger charge is -2.08. The summed E-state index contributed by atoms with van der Waals surface area (Å²) < 4.78 is 9.63. The van der Waals surface area contributed by atoms with Gasteiger partial charge in [-0.3, -0.25) is 10.1 Å². The van der Waals surface area contributed by atoms with Gasteiger partial charge in [0.2, 0.25) is 0 Å². The molecule has 8 nitrogen and oxygen atoms in total. The zero-order valence-corrected chi connectivity index (χ0v) is 13.0. The van der Waals surface area contributed by atoms with Gasteiger partial charge in [0.25, 0.3) is 5.91 Å². The number of esters is 1. The Hall–Kier alpha value is -2.77. The second-order valence-corrected chi connectivity index (χ2v) is 4.62. The molecule has 0 aromatic heterocycles. The second-order valence-electron chi connectivity index (χ2n) is 4.62. The molecule has 23 heavy (non-hydrogen) atoms. The average Bonchev–Trinajstić information content (AvgIpc) is 2.52. The number of aromatic hydroxyl groups is 1. The van der Waals surface area contributed by atoms with Crippen LogP contribution in [0.5, 0.6) is 11.5 Å². The van der Waals surface area contributed by atoms with Crippen LogP contribution in [0.25, 0.3) is 0 Å². The molecule has 0 aliphatic heterocycles. The number of urea groups is 1. The Bertz CT molecular complexity index is 573. The number of carbonyl (C=O) groups excluding carboxylic acids is 3. The molecule has 0 unspecified atom stereocenters. The molecule has 0 fully saturated rings. The van der Waals surface area contributed by atoms with Crippen molar-refractivity contribution in [2.45, 2.75) is 19.8 Å². The summed E-state index contributed by atoms with van der Waals surface area (Å²) in [6, 6.07) is 3.38. The van der Waals surface area contributed by atoms with E-state index in [-0.39, 0.29) is 11.3 Å². The van der Waals surface area contributed by atoms with Crippen molar-refractivity contribution in [3.8, 4) is 11.5 Å². The topological polar surface area (TPSA) is 114 Å². The summed E-state index contributed by atoms with van der Waals surface area (Å²) in [7, 11) is 1.42. The van der Waals surface area contributed by atoms with E-state index < -0.39 is 24.5 Å². The molecule has 0 bridgehead atoms. The molecular formula is C15H20N2O6. The third kappa shape index (κ3) is 6.25. The number of benzene rings is 1. The molecular weight excluding hydrogens is 304 g/mol. The quantitative estimate of drug-likeness (QED) is 0.513. The van der Waals surface area contributed by atoms with Crippen LogP contribution < -0.4 is 15.4 Å². The van der Waals surface area contributed by atoms with E-state index in [9.17, 15) is 19.5 Å². The SMILES string of the molecule is CCCCNC(=O)NC(=O)COC(=O)c1ccc(OC)cc1O. The van der Waals surface area contributed by atoms with Crippen molar-refractivity contribution in [2.24, 2.45) is 0 Å². The molecule has 0 spiro atoms. The average molecular weight is 324 g/mol. The van der Waals surface area contributed by atoms with Gasteiger partial charge in [0.1, 0.15) is 17.1 Å². The van der Waals surface area contributed by atoms with Crippen molar-refractivity contribution in [1.29, 1.82) is 0 Å². The first-order valence-corrected chi connectivity index (χ1v) is 7.09. The van der Waals surface area contributed by atoms with E-state index in [2.05, 4.69) is 5.32 Å². The van der Waals surface area contributed by atoms with Gasteiger partial charge in [-0.1, -0.05) is 13.3 Å². The molecule has 0 aliphatic carbocycles. The molecule has 0 radical (unpaired) electrons. The third-order valence-electron chi connectivity index (χ3n) is 2.83. The Morgan fingerprint density at radius 3 is 2.61 bits per heavy atom. The Labute approximate surface area is 133 Å². The molecule has 0 saturated carbocycles. The van der Waals surface area contributed by atoms with Gasteiger partial charge in [0.05, 0.1) is 7.11 Å². The van der Waals surface area contributed by atoms with Crippen LogP contribution in [0.15, 0.2) is 18.2 Å². The third-order valence-corrected chi connectivity index (χ3v) is 2.83. The van der Waals surface area contributed by atoms with Crippen LogP contribution in [-0.4, -0.2) is 43.3 Å². The van der Waals surface area contributed by atoms with E-state index in [1.54, 1.807) is 0 Å². The highest BCUT2D eigenvalue weighted by atomic mass is 16.5. The van der Waals surface area contributed by atoms with Crippen LogP contribution in [0.4, 0.5) is 4.79 Å². The minimum atomic E-state index is -0.883. The van der Waals surface area contributed by atoms with Gasteiger partial charge >= 0.3 is 12.0 Å². The van der Waals surface area contributed by atoms with Gasteiger partial charge in [0.15, 0.2) is 6.61 Å². The Morgan fingerprint density at radius 2 is 2.00 bits per heavy atom. The summed E-state index contributed by atoms with van der Waals surface area (Å²) in [5.74, 6) is -1.60. The van der Waals surface area contributed by atoms with E-state index in [1.807, 2.05) is 12.2 Å². The number of nitrogens with one attached hydrogen (secondary N) is 2. The number of unbranched alkanes of at least 4 members (excludes halogenated alkanes) is 1. The molecule has 0 heterocycles. The zero-order valence-electron chi connectivity index (χ0n) is 13.0. The lowest BCUT2D eigenvalue weighted by atomic mass is 10.2. The van der Waals surface area contributed by atoms with E-state index in [1.165, 1.54) is 25.3 Å². The summed E-state index contributed by atoms with van der Waals surface area (Å²) in [5, 5.41) is 14.2. The number of rotatable bonds is 7. The molecule has 0 aliphatic rings. The maximum atomic E-state index is 11.8. The summed E-state index contributed by atoms with van der Waals surface area (Å²) in [6.07, 6.45) is 1.71. The number of carbonyl (C=O) groups is 3. The van der Waals surface area contributed by atoms with Crippen molar-refractivity contribution in [3.05, 3.63) is 23.8 Å². The van der Waals surface area contributed by atoms with Gasteiger partial charge < -0.3 is 19.9 Å². The van der Waals surface area contributed by atoms with Gasteiger partial charge in [-0.25, -0.2) is 9.59 Å². The number of phenolic OH excluding ortho intramolecular Hbond substituents is 1. The monoisotopic (exact) mass is 324 g/mol. The largest absolute Gasteiger partial charge is 0.507 e. The molecule has 126 valence electrons. The highest BCUT2D eigenvalue weighted by molar-refractivity contribution is 5.97. The first-order valence-electron chi connectivity index (χ1n) is 7.09. The fraction of sp³-hybridized carbons (Fsp3) is 0.400. The number of imide groups is 1. The van der Waals surface area contributed by atoms with Crippen LogP contribution in [-0.2, 0) is 9.53 Å². The Morgan fingerprint density at radius 1 is 1.26 bits per heavy atom. The minimum Gasteiger partial charge on any atom is -0.507 e. The lowest BCUT2D eigenvalue weighted by molar-refractivity contribution is -0.123. The van der Waals surface area contributed by atoms with Gasteiger partial charge in [-0.05, 0) is 18.6 Å². The predicted octanol–water partition coefficient (Wildman–Crippen LogP) is 1.18. The maximum absolute atomic E-state index is 11.8. The van der Waals surface area contributed by atoms with Crippen molar-refractivity contribution in [1.82, 2.24) is 10.6 Å². The Balaban J connectivity index is 2.43. The van der Waals surface area contributed by atoms with Crippen LogP contribution in [0.3, 0.4) is 0 Å². The number of methoxy groups -OCH3 is 1. The zero-order chi connectivity index (χ0) is 17.2. The number of hydrogen-bond acceptors (Lipinski definition) is 6. The van der Waals surface area contributed by atoms with Gasteiger partial charge in [0, 0.05) is 12.6 Å². The summed E-state index contributed by atoms with van der Waals surface area (Å²) in [6.45, 7) is 1.79. The van der Waals surface area contributed by atoms with E-state index in [0.717, 1.165) is 12.8 Å². The van der Waals surface area contributed by atoms with Gasteiger partial charge in [-0.15, -0.1) is 0 Å². The smallest absolute Gasteiger partial charge is 0.342 e. The lowest BCUT2D eigenvalue weighted by Crippen LogP contribution is -2.41. The molecule has 1 rings (SSSR count). The van der Waals surface area contributed by atoms with Crippen LogP contribution in [0, 0.1) is 0 Å². The molecule has 3 amide bonds.